The summed E-state index contributed by atoms with van der Waals surface area (Å²) in [5, 5.41) is 12.7. The van der Waals surface area contributed by atoms with E-state index in [4.69, 9.17) is 0 Å². The van der Waals surface area contributed by atoms with Crippen LogP contribution in [0.2, 0.25) is 0 Å². The molecule has 0 aromatic rings. The Hall–Kier alpha value is -0.120. The molecule has 0 heterocycles. The first-order valence-corrected chi connectivity index (χ1v) is 6.31. The highest BCUT2D eigenvalue weighted by Crippen LogP contribution is 2.19. The van der Waals surface area contributed by atoms with Crippen LogP contribution in [-0.4, -0.2) is 48.8 Å². The standard InChI is InChI=1S/C12H26N2O/c1-3-4-5-8-14(2)9-12(10-15)13-11-6-7-11/h11-13,15H,3-10H2,1-2H3. The Morgan fingerprint density at radius 2 is 2.13 bits per heavy atom. The van der Waals surface area contributed by atoms with Crippen molar-refractivity contribution in [3.63, 3.8) is 0 Å². The summed E-state index contributed by atoms with van der Waals surface area (Å²) in [6.45, 7) is 4.60. The Balaban J connectivity index is 2.06. The molecule has 15 heavy (non-hydrogen) atoms. The van der Waals surface area contributed by atoms with Gasteiger partial charge in [-0.3, -0.25) is 0 Å². The minimum atomic E-state index is 0.259. The SMILES string of the molecule is CCCCCN(C)CC(CO)NC1CC1. The fraction of sp³-hybridized carbons (Fsp3) is 1.00. The van der Waals surface area contributed by atoms with Gasteiger partial charge in [-0.15, -0.1) is 0 Å². The first kappa shape index (κ1) is 12.9. The zero-order valence-corrected chi connectivity index (χ0v) is 10.2. The normalized spacial score (nSPS) is 18.4. The zero-order chi connectivity index (χ0) is 11.1. The van der Waals surface area contributed by atoms with Gasteiger partial charge in [0.1, 0.15) is 0 Å². The molecular weight excluding hydrogens is 188 g/mol. The van der Waals surface area contributed by atoms with E-state index in [1.54, 1.807) is 0 Å². The molecule has 3 nitrogen and oxygen atoms in total. The molecule has 0 aromatic heterocycles. The van der Waals surface area contributed by atoms with Crippen molar-refractivity contribution < 1.29 is 5.11 Å². The first-order valence-electron chi connectivity index (χ1n) is 6.31. The number of hydrogen-bond donors (Lipinski definition) is 2. The van der Waals surface area contributed by atoms with Gasteiger partial charge < -0.3 is 15.3 Å². The van der Waals surface area contributed by atoms with E-state index >= 15 is 0 Å². The fourth-order valence-corrected chi connectivity index (χ4v) is 1.85. The number of hydrogen-bond acceptors (Lipinski definition) is 3. The Morgan fingerprint density at radius 1 is 1.40 bits per heavy atom. The lowest BCUT2D eigenvalue weighted by Crippen LogP contribution is -2.43. The van der Waals surface area contributed by atoms with E-state index in [2.05, 4.69) is 24.2 Å². The van der Waals surface area contributed by atoms with E-state index in [0.29, 0.717) is 6.04 Å². The maximum atomic E-state index is 9.23. The van der Waals surface area contributed by atoms with Crippen molar-refractivity contribution in [3.05, 3.63) is 0 Å². The number of nitrogens with zero attached hydrogens (tertiary/aromatic N) is 1. The molecule has 1 aliphatic carbocycles. The van der Waals surface area contributed by atoms with E-state index in [-0.39, 0.29) is 12.6 Å². The Morgan fingerprint density at radius 3 is 2.67 bits per heavy atom. The molecule has 2 N–H and O–H groups in total. The van der Waals surface area contributed by atoms with Crippen LogP contribution in [0.25, 0.3) is 0 Å². The van der Waals surface area contributed by atoms with Crippen LogP contribution < -0.4 is 5.32 Å². The molecule has 0 spiro atoms. The third-order valence-electron chi connectivity index (χ3n) is 2.94. The van der Waals surface area contributed by atoms with Gasteiger partial charge in [0.25, 0.3) is 0 Å². The summed E-state index contributed by atoms with van der Waals surface area (Å²) in [7, 11) is 2.15. The first-order chi connectivity index (χ1) is 7.26. The third-order valence-corrected chi connectivity index (χ3v) is 2.94. The summed E-state index contributed by atoms with van der Waals surface area (Å²) < 4.78 is 0. The van der Waals surface area contributed by atoms with Crippen LogP contribution in [0.5, 0.6) is 0 Å². The summed E-state index contributed by atoms with van der Waals surface area (Å²) in [5.41, 5.74) is 0. The summed E-state index contributed by atoms with van der Waals surface area (Å²) in [4.78, 5) is 2.33. The molecule has 0 radical (unpaired) electrons. The molecule has 0 amide bonds. The average molecular weight is 214 g/mol. The minimum Gasteiger partial charge on any atom is -0.395 e. The van der Waals surface area contributed by atoms with Crippen LogP contribution >= 0.6 is 0 Å². The molecule has 1 atom stereocenters. The van der Waals surface area contributed by atoms with Crippen LogP contribution in [0.1, 0.15) is 39.0 Å². The van der Waals surface area contributed by atoms with Gasteiger partial charge in [0.05, 0.1) is 6.61 Å². The minimum absolute atomic E-state index is 0.259. The number of aliphatic hydroxyl groups is 1. The quantitative estimate of drug-likeness (QED) is 0.567. The van der Waals surface area contributed by atoms with Gasteiger partial charge in [0, 0.05) is 18.6 Å². The van der Waals surface area contributed by atoms with Gasteiger partial charge in [0.15, 0.2) is 0 Å². The lowest BCUT2D eigenvalue weighted by Gasteiger charge is -2.23. The molecule has 1 unspecified atom stereocenters. The van der Waals surface area contributed by atoms with Crippen molar-refractivity contribution in [2.24, 2.45) is 0 Å². The highest BCUT2D eigenvalue weighted by molar-refractivity contribution is 4.85. The zero-order valence-electron chi connectivity index (χ0n) is 10.2. The summed E-state index contributed by atoms with van der Waals surface area (Å²) in [6.07, 6.45) is 6.43. The van der Waals surface area contributed by atoms with Crippen molar-refractivity contribution in [2.75, 3.05) is 26.7 Å². The van der Waals surface area contributed by atoms with Crippen LogP contribution in [0, 0.1) is 0 Å². The van der Waals surface area contributed by atoms with Gasteiger partial charge >= 0.3 is 0 Å². The monoisotopic (exact) mass is 214 g/mol. The van der Waals surface area contributed by atoms with Gasteiger partial charge in [0.2, 0.25) is 0 Å². The Labute approximate surface area is 93.9 Å². The molecule has 0 aliphatic heterocycles. The van der Waals surface area contributed by atoms with Crippen LogP contribution in [0.4, 0.5) is 0 Å². The predicted molar refractivity (Wildman–Crippen MR) is 64.1 cm³/mol. The molecule has 1 aliphatic rings. The van der Waals surface area contributed by atoms with Gasteiger partial charge in [-0.25, -0.2) is 0 Å². The van der Waals surface area contributed by atoms with Gasteiger partial charge in [-0.05, 0) is 32.9 Å². The number of nitrogens with one attached hydrogen (secondary N) is 1. The van der Waals surface area contributed by atoms with Crippen molar-refractivity contribution in [1.29, 1.82) is 0 Å². The third kappa shape index (κ3) is 6.13. The molecule has 1 fully saturated rings. The molecular formula is C12H26N2O. The van der Waals surface area contributed by atoms with E-state index in [0.717, 1.165) is 13.1 Å². The predicted octanol–water partition coefficient (Wildman–Crippen LogP) is 1.22. The number of rotatable bonds is 9. The molecule has 1 saturated carbocycles. The molecule has 0 bridgehead atoms. The lowest BCUT2D eigenvalue weighted by atomic mass is 10.2. The molecule has 0 saturated heterocycles. The molecule has 0 aromatic carbocycles. The van der Waals surface area contributed by atoms with E-state index < -0.39 is 0 Å². The summed E-state index contributed by atoms with van der Waals surface area (Å²) >= 11 is 0. The smallest absolute Gasteiger partial charge is 0.0597 e. The van der Waals surface area contributed by atoms with Crippen molar-refractivity contribution in [1.82, 2.24) is 10.2 Å². The van der Waals surface area contributed by atoms with Gasteiger partial charge in [-0.2, -0.15) is 0 Å². The highest BCUT2D eigenvalue weighted by atomic mass is 16.3. The largest absolute Gasteiger partial charge is 0.395 e. The maximum absolute atomic E-state index is 9.23. The lowest BCUT2D eigenvalue weighted by molar-refractivity contribution is 0.196. The Bertz CT molecular complexity index is 160. The topological polar surface area (TPSA) is 35.5 Å². The molecule has 3 heteroatoms. The van der Waals surface area contributed by atoms with Crippen molar-refractivity contribution in [3.8, 4) is 0 Å². The second kappa shape index (κ2) is 7.20. The number of unbranched alkanes of at least 4 members (excludes halogenated alkanes) is 2. The van der Waals surface area contributed by atoms with Crippen molar-refractivity contribution in [2.45, 2.75) is 51.1 Å². The van der Waals surface area contributed by atoms with Crippen LogP contribution in [0.15, 0.2) is 0 Å². The second-order valence-corrected chi connectivity index (χ2v) is 4.79. The molecule has 90 valence electrons. The molecule has 1 rings (SSSR count). The van der Waals surface area contributed by atoms with Crippen molar-refractivity contribution >= 4 is 0 Å². The summed E-state index contributed by atoms with van der Waals surface area (Å²) in [5.74, 6) is 0. The van der Waals surface area contributed by atoms with E-state index in [9.17, 15) is 5.11 Å². The Kier molecular flexibility index (Phi) is 6.22. The second-order valence-electron chi connectivity index (χ2n) is 4.79. The van der Waals surface area contributed by atoms with E-state index in [1.165, 1.54) is 32.1 Å². The van der Waals surface area contributed by atoms with Gasteiger partial charge in [-0.1, -0.05) is 19.8 Å². The maximum Gasteiger partial charge on any atom is 0.0597 e. The number of likely N-dealkylation sites (N-methyl/N-ethyl adjacent to an activating group) is 1. The number of aliphatic hydroxyl groups excluding tert-OH is 1. The van der Waals surface area contributed by atoms with Crippen LogP contribution in [-0.2, 0) is 0 Å². The van der Waals surface area contributed by atoms with E-state index in [1.807, 2.05) is 0 Å². The summed E-state index contributed by atoms with van der Waals surface area (Å²) in [6, 6.07) is 0.954. The van der Waals surface area contributed by atoms with Crippen LogP contribution in [0.3, 0.4) is 0 Å². The average Bonchev–Trinajstić information content (AvgIpc) is 3.01. The highest BCUT2D eigenvalue weighted by Gasteiger charge is 2.24. The fourth-order valence-electron chi connectivity index (χ4n) is 1.85.